The van der Waals surface area contributed by atoms with Crippen molar-refractivity contribution < 1.29 is 4.79 Å². The molecule has 0 spiro atoms. The molecule has 3 aromatic heterocycles. The summed E-state index contributed by atoms with van der Waals surface area (Å²) in [5.41, 5.74) is 4.16. The van der Waals surface area contributed by atoms with Gasteiger partial charge in [-0.2, -0.15) is 0 Å². The van der Waals surface area contributed by atoms with Crippen molar-refractivity contribution in [3.05, 3.63) is 84.7 Å². The molecule has 138 valence electrons. The Bertz CT molecular complexity index is 1080. The minimum absolute atomic E-state index is 0.126. The molecule has 0 aliphatic carbocycles. The molecule has 0 saturated heterocycles. The van der Waals surface area contributed by atoms with Crippen LogP contribution in [-0.2, 0) is 11.3 Å². The highest BCUT2D eigenvalue weighted by atomic mass is 35.5. The third-order valence-electron chi connectivity index (χ3n) is 4.19. The molecular formula is C21H16ClN5O. The molecule has 1 N–H and O–H groups in total. The van der Waals surface area contributed by atoms with Crippen LogP contribution in [-0.4, -0.2) is 25.4 Å². The highest BCUT2D eigenvalue weighted by Crippen LogP contribution is 2.31. The molecule has 4 aromatic rings. The van der Waals surface area contributed by atoms with Gasteiger partial charge in [0.1, 0.15) is 6.54 Å². The monoisotopic (exact) mass is 389 g/mol. The van der Waals surface area contributed by atoms with E-state index >= 15 is 0 Å². The van der Waals surface area contributed by atoms with Crippen LogP contribution in [0.1, 0.15) is 0 Å². The maximum atomic E-state index is 12.5. The van der Waals surface area contributed by atoms with E-state index in [0.29, 0.717) is 10.7 Å². The summed E-state index contributed by atoms with van der Waals surface area (Å²) in [6.45, 7) is 0.126. The number of hydrogen-bond donors (Lipinski definition) is 1. The van der Waals surface area contributed by atoms with Crippen LogP contribution in [0.5, 0.6) is 0 Å². The Morgan fingerprint density at radius 1 is 0.893 bits per heavy atom. The predicted octanol–water partition coefficient (Wildman–Crippen LogP) is 4.30. The number of pyridine rings is 2. The van der Waals surface area contributed by atoms with Crippen LogP contribution in [0.3, 0.4) is 0 Å². The molecule has 1 aromatic carbocycles. The summed E-state index contributed by atoms with van der Waals surface area (Å²) in [6.07, 6.45) is 8.37. The van der Waals surface area contributed by atoms with E-state index in [1.807, 2.05) is 41.0 Å². The van der Waals surface area contributed by atoms with Gasteiger partial charge in [0.15, 0.2) is 0 Å². The molecule has 0 fully saturated rings. The van der Waals surface area contributed by atoms with Gasteiger partial charge in [0.2, 0.25) is 5.91 Å². The van der Waals surface area contributed by atoms with E-state index in [-0.39, 0.29) is 12.5 Å². The third-order valence-corrected chi connectivity index (χ3v) is 4.44. The van der Waals surface area contributed by atoms with Crippen LogP contribution >= 0.6 is 11.6 Å². The van der Waals surface area contributed by atoms with Crippen LogP contribution in [0.4, 0.5) is 5.69 Å². The number of nitrogens with zero attached hydrogens (tertiary/aromatic N) is 4. The summed E-state index contributed by atoms with van der Waals surface area (Å²) in [5.74, 6) is -0.151. The zero-order valence-corrected chi connectivity index (χ0v) is 15.5. The van der Waals surface area contributed by atoms with E-state index in [4.69, 9.17) is 11.6 Å². The highest BCUT2D eigenvalue weighted by molar-refractivity contribution is 6.30. The molecular weight excluding hydrogens is 374 g/mol. The van der Waals surface area contributed by atoms with Crippen molar-refractivity contribution in [3.63, 3.8) is 0 Å². The molecule has 6 nitrogen and oxygen atoms in total. The first-order valence-corrected chi connectivity index (χ1v) is 9.00. The average molecular weight is 390 g/mol. The fraction of sp³-hybridized carbons (Fsp3) is 0.0476. The number of rotatable bonds is 5. The van der Waals surface area contributed by atoms with Gasteiger partial charge in [0.05, 0.1) is 17.7 Å². The minimum Gasteiger partial charge on any atom is -0.324 e. The van der Waals surface area contributed by atoms with E-state index in [1.54, 1.807) is 43.2 Å². The van der Waals surface area contributed by atoms with E-state index < -0.39 is 0 Å². The number of aromatic nitrogens is 4. The summed E-state index contributed by atoms with van der Waals surface area (Å²) >= 11 is 6.02. The summed E-state index contributed by atoms with van der Waals surface area (Å²) in [5, 5.41) is 3.53. The molecule has 3 heterocycles. The Labute approximate surface area is 166 Å². The third kappa shape index (κ3) is 3.92. The van der Waals surface area contributed by atoms with Gasteiger partial charge >= 0.3 is 0 Å². The van der Waals surface area contributed by atoms with Gasteiger partial charge in [-0.3, -0.25) is 14.8 Å². The van der Waals surface area contributed by atoms with Gasteiger partial charge in [0, 0.05) is 46.6 Å². The molecule has 28 heavy (non-hydrogen) atoms. The lowest BCUT2D eigenvalue weighted by Crippen LogP contribution is -2.18. The Hall–Kier alpha value is -3.51. The number of carbonyl (C=O) groups is 1. The van der Waals surface area contributed by atoms with Crippen molar-refractivity contribution in [3.8, 4) is 22.5 Å². The van der Waals surface area contributed by atoms with Crippen LogP contribution < -0.4 is 5.32 Å². The minimum atomic E-state index is -0.151. The normalized spacial score (nSPS) is 10.6. The fourth-order valence-electron chi connectivity index (χ4n) is 2.92. The van der Waals surface area contributed by atoms with E-state index in [2.05, 4.69) is 20.3 Å². The van der Waals surface area contributed by atoms with Gasteiger partial charge < -0.3 is 9.88 Å². The molecule has 0 aliphatic heterocycles. The van der Waals surface area contributed by atoms with E-state index in [9.17, 15) is 4.79 Å². The van der Waals surface area contributed by atoms with Crippen molar-refractivity contribution in [1.82, 2.24) is 19.5 Å². The first-order chi connectivity index (χ1) is 13.7. The second kappa shape index (κ2) is 8.02. The number of nitrogens with one attached hydrogen (secondary N) is 1. The number of anilines is 1. The van der Waals surface area contributed by atoms with Crippen molar-refractivity contribution in [1.29, 1.82) is 0 Å². The van der Waals surface area contributed by atoms with E-state index in [1.165, 1.54) is 0 Å². The van der Waals surface area contributed by atoms with Crippen molar-refractivity contribution in [2.24, 2.45) is 0 Å². The molecule has 0 saturated carbocycles. The molecule has 4 rings (SSSR count). The molecule has 0 unspecified atom stereocenters. The standard InChI is InChI=1S/C21H16ClN5O/c22-17-3-1-15(2-4-17)20-21(16-5-9-23-10-6-16)27(14-25-20)13-19(28)26-18-7-11-24-12-8-18/h1-12,14H,13H2,(H,24,26,28). The van der Waals surface area contributed by atoms with Gasteiger partial charge in [-0.25, -0.2) is 4.98 Å². The zero-order chi connectivity index (χ0) is 19.3. The molecule has 0 atom stereocenters. The summed E-state index contributed by atoms with van der Waals surface area (Å²) in [7, 11) is 0. The average Bonchev–Trinajstić information content (AvgIpc) is 3.13. The highest BCUT2D eigenvalue weighted by Gasteiger charge is 2.17. The van der Waals surface area contributed by atoms with Crippen molar-refractivity contribution >= 4 is 23.2 Å². The van der Waals surface area contributed by atoms with Crippen LogP contribution in [0, 0.1) is 0 Å². The number of hydrogen-bond acceptors (Lipinski definition) is 4. The molecule has 0 radical (unpaired) electrons. The van der Waals surface area contributed by atoms with Crippen molar-refractivity contribution in [2.45, 2.75) is 6.54 Å². The second-order valence-electron chi connectivity index (χ2n) is 6.10. The molecule has 0 aliphatic rings. The van der Waals surface area contributed by atoms with Crippen LogP contribution in [0.2, 0.25) is 5.02 Å². The number of halogens is 1. The lowest BCUT2D eigenvalue weighted by molar-refractivity contribution is -0.116. The number of amides is 1. The molecule has 7 heteroatoms. The number of carbonyl (C=O) groups excluding carboxylic acids is 1. The summed E-state index contributed by atoms with van der Waals surface area (Å²) in [4.78, 5) is 25.1. The maximum Gasteiger partial charge on any atom is 0.244 e. The second-order valence-corrected chi connectivity index (χ2v) is 6.53. The van der Waals surface area contributed by atoms with Gasteiger partial charge in [0.25, 0.3) is 0 Å². The SMILES string of the molecule is O=C(Cn1cnc(-c2ccc(Cl)cc2)c1-c1ccncc1)Nc1ccncc1. The lowest BCUT2D eigenvalue weighted by Gasteiger charge is -2.11. The van der Waals surface area contributed by atoms with Crippen molar-refractivity contribution in [2.75, 3.05) is 5.32 Å². The first-order valence-electron chi connectivity index (χ1n) is 8.62. The van der Waals surface area contributed by atoms with E-state index in [0.717, 1.165) is 22.5 Å². The Morgan fingerprint density at radius 3 is 2.21 bits per heavy atom. The Morgan fingerprint density at radius 2 is 1.54 bits per heavy atom. The topological polar surface area (TPSA) is 72.7 Å². The largest absolute Gasteiger partial charge is 0.324 e. The fourth-order valence-corrected chi connectivity index (χ4v) is 3.05. The molecule has 1 amide bonds. The Balaban J connectivity index is 1.69. The predicted molar refractivity (Wildman–Crippen MR) is 109 cm³/mol. The van der Waals surface area contributed by atoms with Gasteiger partial charge in [-0.05, 0) is 36.4 Å². The van der Waals surface area contributed by atoms with Crippen LogP contribution in [0.15, 0.2) is 79.6 Å². The van der Waals surface area contributed by atoms with Crippen LogP contribution in [0.25, 0.3) is 22.5 Å². The van der Waals surface area contributed by atoms with Gasteiger partial charge in [-0.1, -0.05) is 23.7 Å². The van der Waals surface area contributed by atoms with Gasteiger partial charge in [-0.15, -0.1) is 0 Å². The summed E-state index contributed by atoms with van der Waals surface area (Å²) < 4.78 is 1.83. The number of imidazole rings is 1. The Kier molecular flexibility index (Phi) is 5.12. The quantitative estimate of drug-likeness (QED) is 0.552. The maximum absolute atomic E-state index is 12.5. The summed E-state index contributed by atoms with van der Waals surface area (Å²) in [6, 6.07) is 14.8. The number of benzene rings is 1. The zero-order valence-electron chi connectivity index (χ0n) is 14.8. The smallest absolute Gasteiger partial charge is 0.244 e. The first kappa shape index (κ1) is 17.9. The lowest BCUT2D eigenvalue weighted by atomic mass is 10.1. The molecule has 0 bridgehead atoms.